The van der Waals surface area contributed by atoms with Crippen LogP contribution >= 0.6 is 0 Å². The number of sulfonamides is 1. The number of rotatable bonds is 2. The molecule has 1 aromatic heterocycles. The molecule has 32 heavy (non-hydrogen) atoms. The van der Waals surface area contributed by atoms with Gasteiger partial charge in [0, 0.05) is 24.0 Å². The zero-order valence-electron chi connectivity index (χ0n) is 17.1. The van der Waals surface area contributed by atoms with Gasteiger partial charge in [0.25, 0.3) is 0 Å². The molecule has 2 aliphatic carbocycles. The Balaban J connectivity index is 1.55. The van der Waals surface area contributed by atoms with Crippen molar-refractivity contribution in [1.29, 1.82) is 0 Å². The number of nitrogens with zero attached hydrogens (tertiary/aromatic N) is 2. The van der Waals surface area contributed by atoms with E-state index in [1.54, 1.807) is 41.2 Å². The van der Waals surface area contributed by atoms with Crippen LogP contribution in [0.5, 0.6) is 0 Å². The molecule has 1 saturated heterocycles. The third kappa shape index (κ3) is 3.65. The Hall–Kier alpha value is -3.25. The number of hydrogen-bond donors (Lipinski definition) is 1. The lowest BCUT2D eigenvalue weighted by atomic mass is 9.82. The molecule has 3 aliphatic rings. The highest BCUT2D eigenvalue weighted by molar-refractivity contribution is 7.89. The number of allylic oxidation sites excluding steroid dienone is 6. The Morgan fingerprint density at radius 1 is 1.25 bits per heavy atom. The lowest BCUT2D eigenvalue weighted by Crippen LogP contribution is -2.33. The van der Waals surface area contributed by atoms with Crippen LogP contribution in [0.1, 0.15) is 29.7 Å². The summed E-state index contributed by atoms with van der Waals surface area (Å²) in [5, 5.41) is 9.85. The second kappa shape index (κ2) is 7.71. The summed E-state index contributed by atoms with van der Waals surface area (Å²) < 4.78 is 45.3. The maximum Gasteiger partial charge on any atom is 0.239 e. The van der Waals surface area contributed by atoms with Crippen LogP contribution in [0.25, 0.3) is 11.8 Å². The van der Waals surface area contributed by atoms with Crippen LogP contribution in [0.15, 0.2) is 71.1 Å². The molecule has 2 heterocycles. The van der Waals surface area contributed by atoms with Gasteiger partial charge in [0.1, 0.15) is 5.83 Å². The predicted molar refractivity (Wildman–Crippen MR) is 119 cm³/mol. The van der Waals surface area contributed by atoms with Gasteiger partial charge in [-0.3, -0.25) is 0 Å². The quantitative estimate of drug-likeness (QED) is 0.713. The molecule has 1 aliphatic heterocycles. The first-order chi connectivity index (χ1) is 15.4. The van der Waals surface area contributed by atoms with E-state index in [-0.39, 0.29) is 17.1 Å². The predicted octanol–water partition coefficient (Wildman–Crippen LogP) is 3.34. The van der Waals surface area contributed by atoms with E-state index >= 15 is 0 Å². The van der Waals surface area contributed by atoms with Gasteiger partial charge in [0.15, 0.2) is 5.60 Å². The summed E-state index contributed by atoms with van der Waals surface area (Å²) in [4.78, 5) is -0.0101. The topological polar surface area (TPSA) is 87.2 Å². The van der Waals surface area contributed by atoms with Crippen LogP contribution in [0.2, 0.25) is 0 Å². The van der Waals surface area contributed by atoms with Crippen molar-refractivity contribution >= 4 is 21.8 Å². The molecule has 1 aromatic carbocycles. The zero-order valence-corrected chi connectivity index (χ0v) is 17.9. The highest BCUT2D eigenvalue weighted by atomic mass is 32.2. The number of fused-ring (bicyclic) bond motifs is 2. The summed E-state index contributed by atoms with van der Waals surface area (Å²) in [5.41, 5.74) is 3.14. The third-order valence-electron chi connectivity index (χ3n) is 5.75. The Labute approximate surface area is 185 Å². The number of benzene rings is 1. The molecule has 8 heteroatoms. The fourth-order valence-corrected chi connectivity index (χ4v) is 4.88. The van der Waals surface area contributed by atoms with E-state index in [9.17, 15) is 12.8 Å². The molecule has 1 atom stereocenters. The average Bonchev–Trinajstić information content (AvgIpc) is 3.29. The second-order valence-electron chi connectivity index (χ2n) is 7.84. The van der Waals surface area contributed by atoms with Crippen molar-refractivity contribution in [3.63, 3.8) is 0 Å². The van der Waals surface area contributed by atoms with Crippen molar-refractivity contribution in [2.24, 2.45) is 5.14 Å². The number of halogens is 1. The molecular weight excluding hydrogens is 429 g/mol. The van der Waals surface area contributed by atoms with Gasteiger partial charge in [-0.2, -0.15) is 5.10 Å². The molecule has 0 radical (unpaired) electrons. The maximum atomic E-state index is 13.6. The fraction of sp³-hybridized carbons (Fsp3) is 0.208. The van der Waals surface area contributed by atoms with E-state index in [0.29, 0.717) is 25.0 Å². The lowest BCUT2D eigenvalue weighted by molar-refractivity contribution is 0.0709. The summed E-state index contributed by atoms with van der Waals surface area (Å²) in [6.07, 6.45) is 12.0. The van der Waals surface area contributed by atoms with Gasteiger partial charge in [-0.25, -0.2) is 22.6 Å². The molecule has 5 rings (SSSR count). The average molecular weight is 450 g/mol. The van der Waals surface area contributed by atoms with Crippen LogP contribution in [0.4, 0.5) is 4.39 Å². The van der Waals surface area contributed by atoms with Crippen molar-refractivity contribution in [3.8, 4) is 11.8 Å². The van der Waals surface area contributed by atoms with E-state index in [1.807, 2.05) is 12.2 Å². The second-order valence-corrected chi connectivity index (χ2v) is 9.37. The highest BCUT2D eigenvalue weighted by Crippen LogP contribution is 2.41. The van der Waals surface area contributed by atoms with Crippen LogP contribution in [-0.2, 0) is 21.2 Å². The van der Waals surface area contributed by atoms with Crippen molar-refractivity contribution in [3.05, 3.63) is 83.0 Å². The zero-order chi connectivity index (χ0) is 22.3. The van der Waals surface area contributed by atoms with E-state index in [0.717, 1.165) is 22.5 Å². The molecule has 1 unspecified atom stereocenters. The molecule has 0 saturated carbocycles. The fourth-order valence-electron chi connectivity index (χ4n) is 4.18. The maximum absolute atomic E-state index is 13.6. The Morgan fingerprint density at radius 3 is 2.94 bits per heavy atom. The molecule has 2 aromatic rings. The van der Waals surface area contributed by atoms with Gasteiger partial charge >= 0.3 is 0 Å². The van der Waals surface area contributed by atoms with Gasteiger partial charge in [-0.15, -0.1) is 0 Å². The van der Waals surface area contributed by atoms with Crippen molar-refractivity contribution in [1.82, 2.24) is 9.78 Å². The van der Waals surface area contributed by atoms with Crippen molar-refractivity contribution in [2.45, 2.75) is 29.8 Å². The van der Waals surface area contributed by atoms with Gasteiger partial charge in [-0.1, -0.05) is 30.0 Å². The van der Waals surface area contributed by atoms with E-state index in [1.165, 1.54) is 12.1 Å². The van der Waals surface area contributed by atoms with Gasteiger partial charge in [0.2, 0.25) is 10.0 Å². The number of primary sulfonamides is 1. The molecule has 6 nitrogen and oxygen atoms in total. The normalized spacial score (nSPS) is 22.0. The SMILES string of the molecule is NS(=O)(=O)c1ccccc1C#CC12Cc3cnn(C4=CC=C(F)CC=C4)c3C=C1CCO2. The van der Waals surface area contributed by atoms with Crippen LogP contribution in [0, 0.1) is 11.8 Å². The van der Waals surface area contributed by atoms with Crippen LogP contribution in [0.3, 0.4) is 0 Å². The summed E-state index contributed by atoms with van der Waals surface area (Å²) in [6.45, 7) is 0.519. The van der Waals surface area contributed by atoms with Gasteiger partial charge in [0.05, 0.1) is 29.1 Å². The number of ether oxygens (including phenoxy) is 1. The minimum absolute atomic E-state index is 0.0101. The first-order valence-electron chi connectivity index (χ1n) is 10.2. The first-order valence-corrected chi connectivity index (χ1v) is 11.7. The minimum atomic E-state index is -3.89. The minimum Gasteiger partial charge on any atom is -0.358 e. The third-order valence-corrected chi connectivity index (χ3v) is 6.72. The molecule has 162 valence electrons. The lowest BCUT2D eigenvalue weighted by Gasteiger charge is -2.28. The summed E-state index contributed by atoms with van der Waals surface area (Å²) in [7, 11) is -3.89. The highest BCUT2D eigenvalue weighted by Gasteiger charge is 2.42. The smallest absolute Gasteiger partial charge is 0.239 e. The molecule has 2 N–H and O–H groups in total. The number of nitrogens with two attached hydrogens (primary N) is 1. The standard InChI is InChI=1S/C24H20FN3O3S/c25-20-5-3-6-21(9-8-20)28-22-14-19-11-13-31-24(19,15-18(22)16-27-28)12-10-17-4-1-2-7-23(17)32(26,29)30/h1-4,6-9,14,16H,5,11,13,15H2,(H2,26,29,30). The summed E-state index contributed by atoms with van der Waals surface area (Å²) in [5.74, 6) is 5.98. The summed E-state index contributed by atoms with van der Waals surface area (Å²) >= 11 is 0. The molecule has 1 fully saturated rings. The number of hydrogen-bond acceptors (Lipinski definition) is 4. The first kappa shape index (κ1) is 20.6. The van der Waals surface area contributed by atoms with Gasteiger partial charge in [-0.05, 0) is 48.4 Å². The van der Waals surface area contributed by atoms with Crippen LogP contribution in [-0.4, -0.2) is 30.4 Å². The van der Waals surface area contributed by atoms with E-state index < -0.39 is 15.6 Å². The Morgan fingerprint density at radius 2 is 2.09 bits per heavy atom. The van der Waals surface area contributed by atoms with Crippen molar-refractivity contribution in [2.75, 3.05) is 6.61 Å². The Kier molecular flexibility index (Phi) is 4.97. The van der Waals surface area contributed by atoms with E-state index in [2.05, 4.69) is 16.9 Å². The molecule has 0 amide bonds. The largest absolute Gasteiger partial charge is 0.358 e. The molecule has 0 spiro atoms. The van der Waals surface area contributed by atoms with Crippen LogP contribution < -0.4 is 5.14 Å². The van der Waals surface area contributed by atoms with E-state index in [4.69, 9.17) is 9.88 Å². The molecule has 0 bridgehead atoms. The number of aromatic nitrogens is 2. The Bertz CT molecular complexity index is 1400. The molecular formula is C24H20FN3O3S. The van der Waals surface area contributed by atoms with Gasteiger partial charge < -0.3 is 4.74 Å². The monoisotopic (exact) mass is 449 g/mol. The summed E-state index contributed by atoms with van der Waals surface area (Å²) in [6, 6.07) is 6.40. The van der Waals surface area contributed by atoms with Crippen molar-refractivity contribution < 1.29 is 17.5 Å².